The third-order valence-corrected chi connectivity index (χ3v) is 6.29. The van der Waals surface area contributed by atoms with Gasteiger partial charge in [-0.2, -0.15) is 23.3 Å². The van der Waals surface area contributed by atoms with Crippen LogP contribution in [-0.2, 0) is 35.4 Å². The minimum atomic E-state index is -4.64. The smallest absolute Gasteiger partial charge is 0.344 e. The molecule has 0 atom stereocenters. The second-order valence-electron chi connectivity index (χ2n) is 8.44. The van der Waals surface area contributed by atoms with Gasteiger partial charge in [0, 0.05) is 36.4 Å². The summed E-state index contributed by atoms with van der Waals surface area (Å²) in [6, 6.07) is 7.18. The summed E-state index contributed by atoms with van der Waals surface area (Å²) in [5, 5.41) is 10.2. The number of benzene rings is 1. The number of nitrogens with one attached hydrogen (secondary N) is 1. The maximum absolute atomic E-state index is 13.5. The molecule has 0 aliphatic carbocycles. The van der Waals surface area contributed by atoms with Crippen molar-refractivity contribution in [2.45, 2.75) is 25.4 Å². The maximum Gasteiger partial charge on any atom is 0.416 e. The van der Waals surface area contributed by atoms with Crippen LogP contribution in [0.2, 0.25) is 0 Å². The summed E-state index contributed by atoms with van der Waals surface area (Å²) in [6.07, 6.45) is -2.15. The maximum atomic E-state index is 13.5. The SMILES string of the molecule is Cc1c(-c2ccnn2C)cc(C(=O)NCc2noc(CS(C)(=O)=O)n2)c(=O)n1-c1cccc(C(F)(F)F)c1. The van der Waals surface area contributed by atoms with Gasteiger partial charge in [-0.3, -0.25) is 18.8 Å². The van der Waals surface area contributed by atoms with Crippen LogP contribution in [0.1, 0.15) is 33.3 Å². The highest BCUT2D eigenvalue weighted by Gasteiger charge is 2.31. The van der Waals surface area contributed by atoms with E-state index < -0.39 is 38.8 Å². The van der Waals surface area contributed by atoms with Crippen molar-refractivity contribution in [2.24, 2.45) is 7.05 Å². The number of aromatic nitrogens is 5. The van der Waals surface area contributed by atoms with Gasteiger partial charge in [-0.1, -0.05) is 11.2 Å². The van der Waals surface area contributed by atoms with Gasteiger partial charge in [0.15, 0.2) is 15.7 Å². The van der Waals surface area contributed by atoms with E-state index in [1.807, 2.05) is 0 Å². The average Bonchev–Trinajstić information content (AvgIpc) is 3.45. The van der Waals surface area contributed by atoms with Crippen molar-refractivity contribution < 1.29 is 30.9 Å². The van der Waals surface area contributed by atoms with E-state index in [1.165, 1.54) is 29.1 Å². The molecule has 0 unspecified atom stereocenters. The Labute approximate surface area is 213 Å². The molecule has 0 bridgehead atoms. The Morgan fingerprint density at radius 1 is 1.18 bits per heavy atom. The van der Waals surface area contributed by atoms with Crippen LogP contribution in [0.3, 0.4) is 0 Å². The molecule has 0 aliphatic heterocycles. The lowest BCUT2D eigenvalue weighted by atomic mass is 10.1. The molecule has 1 amide bonds. The molecule has 1 aromatic carbocycles. The zero-order chi connectivity index (χ0) is 27.8. The highest BCUT2D eigenvalue weighted by molar-refractivity contribution is 7.89. The van der Waals surface area contributed by atoms with Gasteiger partial charge < -0.3 is 9.84 Å². The number of carbonyl (C=O) groups is 1. The third-order valence-electron chi connectivity index (χ3n) is 5.52. The number of halogens is 3. The third kappa shape index (κ3) is 5.66. The fourth-order valence-corrected chi connectivity index (χ4v) is 4.36. The van der Waals surface area contributed by atoms with Crippen molar-refractivity contribution in [2.75, 3.05) is 6.26 Å². The van der Waals surface area contributed by atoms with Crippen LogP contribution in [0.5, 0.6) is 0 Å². The second-order valence-corrected chi connectivity index (χ2v) is 10.6. The molecule has 38 heavy (non-hydrogen) atoms. The average molecular weight is 551 g/mol. The fourth-order valence-electron chi connectivity index (χ4n) is 3.80. The van der Waals surface area contributed by atoms with Gasteiger partial charge >= 0.3 is 6.18 Å². The number of rotatable bonds is 7. The molecule has 0 aliphatic rings. The number of sulfone groups is 1. The topological polar surface area (TPSA) is 142 Å². The van der Waals surface area contributed by atoms with E-state index in [4.69, 9.17) is 4.52 Å². The summed E-state index contributed by atoms with van der Waals surface area (Å²) in [4.78, 5) is 30.4. The number of carbonyl (C=O) groups excluding carboxylic acids is 1. The highest BCUT2D eigenvalue weighted by Crippen LogP contribution is 2.31. The monoisotopic (exact) mass is 550 g/mol. The summed E-state index contributed by atoms with van der Waals surface area (Å²) in [7, 11) is -1.79. The number of alkyl halides is 3. The van der Waals surface area contributed by atoms with Crippen molar-refractivity contribution in [3.63, 3.8) is 0 Å². The molecule has 4 rings (SSSR count). The normalized spacial score (nSPS) is 12.1. The van der Waals surface area contributed by atoms with E-state index >= 15 is 0 Å². The Kier molecular flexibility index (Phi) is 6.97. The first-order chi connectivity index (χ1) is 17.7. The lowest BCUT2D eigenvalue weighted by molar-refractivity contribution is -0.137. The Bertz CT molecular complexity index is 1690. The number of amides is 1. The lowest BCUT2D eigenvalue weighted by Gasteiger charge is -2.18. The zero-order valence-corrected chi connectivity index (χ0v) is 21.1. The van der Waals surface area contributed by atoms with Crippen LogP contribution in [0.15, 0.2) is 51.9 Å². The van der Waals surface area contributed by atoms with Crippen molar-refractivity contribution in [3.8, 4) is 16.9 Å². The standard InChI is InChI=1S/C23H21F3N6O5S/c1-13-16(18-7-8-28-31(18)2)10-17(21(33)27-11-19-29-20(37-30-19)12-38(3,35)36)22(34)32(13)15-6-4-5-14(9-15)23(24,25)26/h4-10H,11-12H2,1-3H3,(H,27,33). The molecule has 0 spiro atoms. The molecule has 0 saturated carbocycles. The van der Waals surface area contributed by atoms with Gasteiger partial charge in [0.1, 0.15) is 11.3 Å². The molecule has 0 radical (unpaired) electrons. The molecule has 15 heteroatoms. The van der Waals surface area contributed by atoms with Crippen LogP contribution in [0, 0.1) is 6.92 Å². The molecule has 3 aromatic heterocycles. The van der Waals surface area contributed by atoms with E-state index in [9.17, 15) is 31.2 Å². The minimum absolute atomic E-state index is 0.0332. The van der Waals surface area contributed by atoms with Gasteiger partial charge in [-0.25, -0.2) is 8.42 Å². The first kappa shape index (κ1) is 26.8. The number of nitrogens with zero attached hydrogens (tertiary/aromatic N) is 5. The molecule has 3 heterocycles. The predicted octanol–water partition coefficient (Wildman–Crippen LogP) is 2.42. The Hall–Kier alpha value is -4.27. The van der Waals surface area contributed by atoms with E-state index in [-0.39, 0.29) is 35.2 Å². The summed E-state index contributed by atoms with van der Waals surface area (Å²) in [5.74, 6) is -1.54. The fraction of sp³-hybridized carbons (Fsp3) is 0.261. The van der Waals surface area contributed by atoms with Gasteiger partial charge in [-0.05, 0) is 37.3 Å². The summed E-state index contributed by atoms with van der Waals surface area (Å²) < 4.78 is 70.3. The molecule has 0 saturated heterocycles. The largest absolute Gasteiger partial charge is 0.416 e. The lowest BCUT2D eigenvalue weighted by Crippen LogP contribution is -2.34. The molecule has 1 N–H and O–H groups in total. The van der Waals surface area contributed by atoms with Crippen LogP contribution >= 0.6 is 0 Å². The van der Waals surface area contributed by atoms with Crippen LogP contribution < -0.4 is 10.9 Å². The Morgan fingerprint density at radius 3 is 2.55 bits per heavy atom. The number of hydrogen-bond donors (Lipinski definition) is 1. The van der Waals surface area contributed by atoms with Crippen LogP contribution in [0.4, 0.5) is 13.2 Å². The molecule has 200 valence electrons. The second kappa shape index (κ2) is 9.89. The van der Waals surface area contributed by atoms with Crippen molar-refractivity contribution in [1.29, 1.82) is 0 Å². The molecule has 0 fully saturated rings. The number of aryl methyl sites for hydroxylation is 1. The van der Waals surface area contributed by atoms with E-state index in [0.717, 1.165) is 23.0 Å². The molecule has 11 nitrogen and oxygen atoms in total. The zero-order valence-electron chi connectivity index (χ0n) is 20.3. The van der Waals surface area contributed by atoms with Gasteiger partial charge in [0.25, 0.3) is 11.5 Å². The van der Waals surface area contributed by atoms with E-state index in [2.05, 4.69) is 20.6 Å². The molecular weight excluding hydrogens is 529 g/mol. The number of hydrogen-bond acceptors (Lipinski definition) is 8. The first-order valence-corrected chi connectivity index (χ1v) is 13.0. The first-order valence-electron chi connectivity index (χ1n) is 10.9. The Balaban J connectivity index is 1.76. The van der Waals surface area contributed by atoms with Crippen molar-refractivity contribution >= 4 is 15.7 Å². The van der Waals surface area contributed by atoms with Gasteiger partial charge in [0.2, 0.25) is 5.89 Å². The van der Waals surface area contributed by atoms with Crippen molar-refractivity contribution in [3.05, 3.63) is 81.5 Å². The van der Waals surface area contributed by atoms with E-state index in [0.29, 0.717) is 11.3 Å². The molecular formula is C23H21F3N6O5S. The van der Waals surface area contributed by atoms with Crippen LogP contribution in [-0.4, -0.2) is 45.1 Å². The summed E-state index contributed by atoms with van der Waals surface area (Å²) in [5.41, 5.74) is -1.05. The molecule has 4 aromatic rings. The summed E-state index contributed by atoms with van der Waals surface area (Å²) in [6.45, 7) is 1.25. The number of pyridine rings is 1. The van der Waals surface area contributed by atoms with E-state index in [1.54, 1.807) is 20.0 Å². The van der Waals surface area contributed by atoms with Gasteiger partial charge in [0.05, 0.1) is 17.8 Å². The quantitative estimate of drug-likeness (QED) is 0.370. The predicted molar refractivity (Wildman–Crippen MR) is 128 cm³/mol. The minimum Gasteiger partial charge on any atom is -0.344 e. The summed E-state index contributed by atoms with van der Waals surface area (Å²) >= 11 is 0. The van der Waals surface area contributed by atoms with Gasteiger partial charge in [-0.15, -0.1) is 0 Å². The van der Waals surface area contributed by atoms with Crippen LogP contribution in [0.25, 0.3) is 16.9 Å². The van der Waals surface area contributed by atoms with Crippen molar-refractivity contribution in [1.82, 2.24) is 29.8 Å². The highest BCUT2D eigenvalue weighted by atomic mass is 32.2. The Morgan fingerprint density at radius 2 is 1.92 bits per heavy atom.